The Morgan fingerprint density at radius 2 is 1.41 bits per heavy atom. The van der Waals surface area contributed by atoms with Gasteiger partial charge in [0.05, 0.1) is 0 Å². The van der Waals surface area contributed by atoms with Crippen LogP contribution in [0.4, 0.5) is 0 Å². The Kier molecular flexibility index (Phi) is 2.42. The molecule has 0 spiro atoms. The third-order valence-electron chi connectivity index (χ3n) is 5.00. The van der Waals surface area contributed by atoms with Crippen molar-refractivity contribution in [3.05, 3.63) is 95.6 Å². The van der Waals surface area contributed by atoms with E-state index in [0.29, 0.717) is 5.92 Å². The Morgan fingerprint density at radius 3 is 2.32 bits per heavy atom. The molecule has 0 nitrogen and oxygen atoms in total. The summed E-state index contributed by atoms with van der Waals surface area (Å²) < 4.78 is 0. The van der Waals surface area contributed by atoms with Gasteiger partial charge in [0.2, 0.25) is 0 Å². The Labute approximate surface area is 130 Å². The molecule has 4 aromatic carbocycles. The molecule has 1 atom stereocenters. The molecule has 1 unspecified atom stereocenters. The molecule has 1 aliphatic carbocycles. The van der Waals surface area contributed by atoms with Gasteiger partial charge in [-0.2, -0.15) is 0 Å². The number of benzene rings is 4. The lowest BCUT2D eigenvalue weighted by Gasteiger charge is -2.13. The molecule has 4 aromatic rings. The quantitative estimate of drug-likeness (QED) is 0.420. The number of hydrogen-bond donors (Lipinski definition) is 0. The van der Waals surface area contributed by atoms with E-state index in [1.807, 2.05) is 0 Å². The fourth-order valence-electron chi connectivity index (χ4n) is 3.96. The van der Waals surface area contributed by atoms with Gasteiger partial charge < -0.3 is 0 Å². The van der Waals surface area contributed by atoms with Crippen LogP contribution in [0.15, 0.2) is 78.9 Å². The van der Waals surface area contributed by atoms with Crippen molar-refractivity contribution in [3.63, 3.8) is 0 Å². The molecule has 5 rings (SSSR count). The van der Waals surface area contributed by atoms with Crippen LogP contribution in [-0.4, -0.2) is 0 Å². The van der Waals surface area contributed by atoms with Crippen LogP contribution < -0.4 is 0 Å². The molecular weight excluding hydrogens is 264 g/mol. The molecular formula is C22H16. The van der Waals surface area contributed by atoms with Gasteiger partial charge in [0.25, 0.3) is 0 Å². The topological polar surface area (TPSA) is 0 Å². The van der Waals surface area contributed by atoms with Gasteiger partial charge in [-0.1, -0.05) is 78.9 Å². The van der Waals surface area contributed by atoms with Crippen LogP contribution in [0.5, 0.6) is 0 Å². The van der Waals surface area contributed by atoms with Crippen LogP contribution in [0.3, 0.4) is 0 Å². The maximum absolute atomic E-state index is 2.37. The zero-order chi connectivity index (χ0) is 14.5. The molecule has 0 fully saturated rings. The second-order valence-corrected chi connectivity index (χ2v) is 6.23. The normalized spacial score (nSPS) is 16.5. The first kappa shape index (κ1) is 12.0. The van der Waals surface area contributed by atoms with Gasteiger partial charge in [-0.3, -0.25) is 0 Å². The van der Waals surface area contributed by atoms with Gasteiger partial charge >= 0.3 is 0 Å². The van der Waals surface area contributed by atoms with Crippen LogP contribution in [-0.2, 0) is 6.42 Å². The van der Waals surface area contributed by atoms with E-state index in [9.17, 15) is 0 Å². The second-order valence-electron chi connectivity index (χ2n) is 6.23. The molecule has 0 aromatic heterocycles. The predicted molar refractivity (Wildman–Crippen MR) is 93.4 cm³/mol. The lowest BCUT2D eigenvalue weighted by molar-refractivity contribution is 0.849. The fraction of sp³-hybridized carbons (Fsp3) is 0.0909. The molecule has 0 radical (unpaired) electrons. The largest absolute Gasteiger partial charge is 0.0616 e. The maximum Gasteiger partial charge on any atom is 0.0136 e. The molecule has 0 saturated carbocycles. The van der Waals surface area contributed by atoms with Crippen LogP contribution in [0.25, 0.3) is 21.5 Å². The van der Waals surface area contributed by atoms with Gasteiger partial charge in [0.1, 0.15) is 0 Å². The van der Waals surface area contributed by atoms with Crippen LogP contribution >= 0.6 is 0 Å². The van der Waals surface area contributed by atoms with Gasteiger partial charge in [0.15, 0.2) is 0 Å². The average molecular weight is 280 g/mol. The van der Waals surface area contributed by atoms with E-state index in [-0.39, 0.29) is 0 Å². The van der Waals surface area contributed by atoms with E-state index in [0.717, 1.165) is 6.42 Å². The van der Waals surface area contributed by atoms with Crippen molar-refractivity contribution in [1.29, 1.82) is 0 Å². The average Bonchev–Trinajstić information content (AvgIpc) is 2.96. The minimum Gasteiger partial charge on any atom is -0.0616 e. The Hall–Kier alpha value is -2.60. The Balaban J connectivity index is 1.72. The van der Waals surface area contributed by atoms with Crippen molar-refractivity contribution in [2.24, 2.45) is 0 Å². The summed E-state index contributed by atoms with van der Waals surface area (Å²) in [7, 11) is 0. The third-order valence-corrected chi connectivity index (χ3v) is 5.00. The van der Waals surface area contributed by atoms with Crippen LogP contribution in [0, 0.1) is 0 Å². The van der Waals surface area contributed by atoms with E-state index >= 15 is 0 Å². The van der Waals surface area contributed by atoms with Crippen LogP contribution in [0.1, 0.15) is 22.6 Å². The van der Waals surface area contributed by atoms with Crippen molar-refractivity contribution in [3.8, 4) is 0 Å². The van der Waals surface area contributed by atoms with E-state index in [1.165, 1.54) is 38.2 Å². The summed E-state index contributed by atoms with van der Waals surface area (Å²) in [5.74, 6) is 0.491. The van der Waals surface area contributed by atoms with E-state index in [1.54, 1.807) is 0 Å². The fourth-order valence-corrected chi connectivity index (χ4v) is 3.96. The zero-order valence-electron chi connectivity index (χ0n) is 12.3. The molecule has 0 N–H and O–H groups in total. The molecule has 0 amide bonds. The van der Waals surface area contributed by atoms with E-state index in [2.05, 4.69) is 78.9 Å². The highest BCUT2D eigenvalue weighted by Crippen LogP contribution is 2.42. The van der Waals surface area contributed by atoms with Gasteiger partial charge in [0, 0.05) is 5.92 Å². The monoisotopic (exact) mass is 280 g/mol. The summed E-state index contributed by atoms with van der Waals surface area (Å²) >= 11 is 0. The lowest BCUT2D eigenvalue weighted by Crippen LogP contribution is -1.98. The van der Waals surface area contributed by atoms with Gasteiger partial charge in [-0.05, 0) is 44.7 Å². The Morgan fingerprint density at radius 1 is 0.636 bits per heavy atom. The highest BCUT2D eigenvalue weighted by atomic mass is 14.3. The SMILES string of the molecule is c1ccc2cc(C3Cc4cccc5cccc3c45)ccc2c1. The molecule has 0 heteroatoms. The zero-order valence-corrected chi connectivity index (χ0v) is 12.3. The maximum atomic E-state index is 2.37. The predicted octanol–water partition coefficient (Wildman–Crippen LogP) is 5.68. The van der Waals surface area contributed by atoms with E-state index in [4.69, 9.17) is 0 Å². The minimum absolute atomic E-state index is 0.491. The molecule has 1 aliphatic rings. The molecule has 104 valence electrons. The first-order valence-corrected chi connectivity index (χ1v) is 7.89. The molecule has 22 heavy (non-hydrogen) atoms. The number of fused-ring (bicyclic) bond motifs is 1. The number of rotatable bonds is 1. The van der Waals surface area contributed by atoms with Crippen molar-refractivity contribution >= 4 is 21.5 Å². The standard InChI is InChI=1S/C22H16/c1-2-6-17-13-18(12-11-15(17)5-1)21-14-19-9-3-7-16-8-4-10-20(21)22(16)19/h1-13,21H,14H2. The third kappa shape index (κ3) is 1.64. The van der Waals surface area contributed by atoms with Crippen molar-refractivity contribution in [1.82, 2.24) is 0 Å². The number of hydrogen-bond acceptors (Lipinski definition) is 0. The summed E-state index contributed by atoms with van der Waals surface area (Å²) in [6.07, 6.45) is 1.12. The second kappa shape index (κ2) is 4.45. The summed E-state index contributed by atoms with van der Waals surface area (Å²) in [5, 5.41) is 5.50. The minimum atomic E-state index is 0.491. The highest BCUT2D eigenvalue weighted by molar-refractivity contribution is 5.92. The van der Waals surface area contributed by atoms with Crippen molar-refractivity contribution in [2.75, 3.05) is 0 Å². The molecule has 0 bridgehead atoms. The lowest BCUT2D eigenvalue weighted by atomic mass is 9.90. The van der Waals surface area contributed by atoms with Crippen LogP contribution in [0.2, 0.25) is 0 Å². The molecule has 0 aliphatic heterocycles. The summed E-state index contributed by atoms with van der Waals surface area (Å²) in [6, 6.07) is 29.0. The van der Waals surface area contributed by atoms with Crippen molar-refractivity contribution < 1.29 is 0 Å². The highest BCUT2D eigenvalue weighted by Gasteiger charge is 2.25. The Bertz CT molecular complexity index is 1010. The smallest absolute Gasteiger partial charge is 0.0136 e. The molecule has 0 heterocycles. The van der Waals surface area contributed by atoms with E-state index < -0.39 is 0 Å². The van der Waals surface area contributed by atoms with Crippen molar-refractivity contribution in [2.45, 2.75) is 12.3 Å². The summed E-state index contributed by atoms with van der Waals surface area (Å²) in [4.78, 5) is 0. The first-order chi connectivity index (χ1) is 10.9. The summed E-state index contributed by atoms with van der Waals surface area (Å²) in [6.45, 7) is 0. The van der Waals surface area contributed by atoms with Gasteiger partial charge in [-0.15, -0.1) is 0 Å². The first-order valence-electron chi connectivity index (χ1n) is 7.89. The van der Waals surface area contributed by atoms with Gasteiger partial charge in [-0.25, -0.2) is 0 Å². The summed E-state index contributed by atoms with van der Waals surface area (Å²) in [5.41, 5.74) is 4.41. The molecule has 0 saturated heterocycles.